The molecule has 0 radical (unpaired) electrons. The van der Waals surface area contributed by atoms with Gasteiger partial charge in [-0.05, 0) is 13.3 Å². The molecule has 17 heavy (non-hydrogen) atoms. The average Bonchev–Trinajstić information content (AvgIpc) is 2.33. The van der Waals surface area contributed by atoms with Crippen LogP contribution in [-0.2, 0) is 4.79 Å². The molecule has 1 amide bonds. The van der Waals surface area contributed by atoms with Crippen LogP contribution in [0.1, 0.15) is 20.3 Å². The van der Waals surface area contributed by atoms with Gasteiger partial charge in [-0.2, -0.15) is 5.26 Å². The summed E-state index contributed by atoms with van der Waals surface area (Å²) in [5, 5.41) is 11.8. The fraction of sp³-hybridized carbons (Fsp3) is 0.833. The van der Waals surface area contributed by atoms with E-state index in [0.29, 0.717) is 13.1 Å². The summed E-state index contributed by atoms with van der Waals surface area (Å²) in [6, 6.07) is 2.35. The first-order valence-electron chi connectivity index (χ1n) is 6.34. The summed E-state index contributed by atoms with van der Waals surface area (Å²) in [4.78, 5) is 15.8. The molecule has 0 spiro atoms. The molecule has 1 rings (SSSR count). The van der Waals surface area contributed by atoms with Crippen LogP contribution in [-0.4, -0.2) is 61.0 Å². The molecule has 0 aliphatic carbocycles. The van der Waals surface area contributed by atoms with Crippen LogP contribution in [0.5, 0.6) is 0 Å². The van der Waals surface area contributed by atoms with E-state index in [0.717, 1.165) is 32.6 Å². The predicted octanol–water partition coefficient (Wildman–Crippen LogP) is 0.0423. The zero-order valence-corrected chi connectivity index (χ0v) is 10.8. The second-order valence-electron chi connectivity index (χ2n) is 4.32. The van der Waals surface area contributed by atoms with Gasteiger partial charge in [-0.15, -0.1) is 0 Å². The van der Waals surface area contributed by atoms with Gasteiger partial charge in [-0.25, -0.2) is 0 Å². The van der Waals surface area contributed by atoms with E-state index in [2.05, 4.69) is 21.2 Å². The highest BCUT2D eigenvalue weighted by Gasteiger charge is 2.23. The van der Waals surface area contributed by atoms with E-state index in [4.69, 9.17) is 5.26 Å². The number of amides is 1. The molecule has 0 aromatic carbocycles. The summed E-state index contributed by atoms with van der Waals surface area (Å²) in [5.41, 5.74) is 0. The third kappa shape index (κ3) is 4.33. The van der Waals surface area contributed by atoms with Crippen molar-refractivity contribution < 1.29 is 4.79 Å². The molecule has 1 aliphatic heterocycles. The molecule has 1 N–H and O–H groups in total. The SMILES string of the molecule is CCNC(=O)CN1CCN(C(C#N)CC)CC1. The Labute approximate surface area is 103 Å². The van der Waals surface area contributed by atoms with E-state index in [1.165, 1.54) is 0 Å². The van der Waals surface area contributed by atoms with Gasteiger partial charge < -0.3 is 5.32 Å². The molecule has 1 saturated heterocycles. The standard InChI is InChI=1S/C12H22N4O/c1-3-11(9-13)16-7-5-15(6-8-16)10-12(17)14-4-2/h11H,3-8,10H2,1-2H3,(H,14,17). The summed E-state index contributed by atoms with van der Waals surface area (Å²) >= 11 is 0. The molecule has 1 unspecified atom stereocenters. The summed E-state index contributed by atoms with van der Waals surface area (Å²) in [6.07, 6.45) is 0.868. The average molecular weight is 238 g/mol. The largest absolute Gasteiger partial charge is 0.355 e. The van der Waals surface area contributed by atoms with Crippen LogP contribution >= 0.6 is 0 Å². The van der Waals surface area contributed by atoms with E-state index in [9.17, 15) is 4.79 Å². The fourth-order valence-electron chi connectivity index (χ4n) is 2.12. The molecule has 0 aromatic rings. The summed E-state index contributed by atoms with van der Waals surface area (Å²) in [5.74, 6) is 0.0910. The molecule has 0 saturated carbocycles. The monoisotopic (exact) mass is 238 g/mol. The zero-order valence-electron chi connectivity index (χ0n) is 10.8. The van der Waals surface area contributed by atoms with Crippen LogP contribution < -0.4 is 5.32 Å². The van der Waals surface area contributed by atoms with Gasteiger partial charge in [0.25, 0.3) is 0 Å². The predicted molar refractivity (Wildman–Crippen MR) is 66.4 cm³/mol. The number of piperazine rings is 1. The van der Waals surface area contributed by atoms with Crippen molar-refractivity contribution >= 4 is 5.91 Å². The quantitative estimate of drug-likeness (QED) is 0.735. The second kappa shape index (κ2) is 7.25. The lowest BCUT2D eigenvalue weighted by molar-refractivity contribution is -0.122. The Kier molecular flexibility index (Phi) is 5.95. The highest BCUT2D eigenvalue weighted by Crippen LogP contribution is 2.08. The number of carbonyl (C=O) groups excluding carboxylic acids is 1. The van der Waals surface area contributed by atoms with Gasteiger partial charge >= 0.3 is 0 Å². The summed E-state index contributed by atoms with van der Waals surface area (Å²) < 4.78 is 0. The van der Waals surface area contributed by atoms with Gasteiger partial charge in [0, 0.05) is 32.7 Å². The Hall–Kier alpha value is -1.12. The molecule has 1 aliphatic rings. The molecule has 0 bridgehead atoms. The maximum Gasteiger partial charge on any atom is 0.234 e. The van der Waals surface area contributed by atoms with E-state index in [1.54, 1.807) is 0 Å². The van der Waals surface area contributed by atoms with Crippen molar-refractivity contribution in [3.63, 3.8) is 0 Å². The minimum Gasteiger partial charge on any atom is -0.355 e. The van der Waals surface area contributed by atoms with Crippen molar-refractivity contribution in [3.05, 3.63) is 0 Å². The number of carbonyl (C=O) groups is 1. The first-order valence-corrected chi connectivity index (χ1v) is 6.34. The number of hydrogen-bond acceptors (Lipinski definition) is 4. The molecular formula is C12H22N4O. The maximum atomic E-state index is 11.4. The Balaban J connectivity index is 2.31. The van der Waals surface area contributed by atoms with Crippen LogP contribution in [0.4, 0.5) is 0 Å². The smallest absolute Gasteiger partial charge is 0.234 e. The fourth-order valence-corrected chi connectivity index (χ4v) is 2.12. The number of rotatable bonds is 5. The van der Waals surface area contributed by atoms with E-state index >= 15 is 0 Å². The van der Waals surface area contributed by atoms with Gasteiger partial charge in [0.1, 0.15) is 0 Å². The molecule has 1 fully saturated rings. The molecule has 5 nitrogen and oxygen atoms in total. The highest BCUT2D eigenvalue weighted by atomic mass is 16.2. The minimum absolute atomic E-state index is 0.0293. The lowest BCUT2D eigenvalue weighted by atomic mass is 10.2. The van der Waals surface area contributed by atoms with E-state index in [1.807, 2.05) is 13.8 Å². The van der Waals surface area contributed by atoms with Crippen molar-refractivity contribution in [3.8, 4) is 6.07 Å². The minimum atomic E-state index is 0.0293. The third-order valence-electron chi connectivity index (χ3n) is 3.12. The Morgan fingerprint density at radius 3 is 2.47 bits per heavy atom. The first-order chi connectivity index (χ1) is 8.21. The van der Waals surface area contributed by atoms with Crippen molar-refractivity contribution in [2.45, 2.75) is 26.3 Å². The molecular weight excluding hydrogens is 216 g/mol. The van der Waals surface area contributed by atoms with Crippen molar-refractivity contribution in [2.24, 2.45) is 0 Å². The van der Waals surface area contributed by atoms with Crippen LogP contribution in [0.15, 0.2) is 0 Å². The maximum absolute atomic E-state index is 11.4. The highest BCUT2D eigenvalue weighted by molar-refractivity contribution is 5.77. The molecule has 5 heteroatoms. The Morgan fingerprint density at radius 1 is 1.35 bits per heavy atom. The topological polar surface area (TPSA) is 59.4 Å². The van der Waals surface area contributed by atoms with Crippen LogP contribution in [0, 0.1) is 11.3 Å². The zero-order chi connectivity index (χ0) is 12.7. The first kappa shape index (κ1) is 13.9. The summed E-state index contributed by atoms with van der Waals surface area (Å²) in [7, 11) is 0. The van der Waals surface area contributed by atoms with Crippen LogP contribution in [0.25, 0.3) is 0 Å². The van der Waals surface area contributed by atoms with Crippen molar-refractivity contribution in [1.29, 1.82) is 5.26 Å². The van der Waals surface area contributed by atoms with Gasteiger partial charge in [0.15, 0.2) is 0 Å². The second-order valence-corrected chi connectivity index (χ2v) is 4.32. The summed E-state index contributed by atoms with van der Waals surface area (Å²) in [6.45, 7) is 8.63. The molecule has 96 valence electrons. The van der Waals surface area contributed by atoms with E-state index in [-0.39, 0.29) is 11.9 Å². The number of nitriles is 1. The van der Waals surface area contributed by atoms with Gasteiger partial charge in [0.05, 0.1) is 18.7 Å². The molecule has 0 aromatic heterocycles. The van der Waals surface area contributed by atoms with E-state index < -0.39 is 0 Å². The van der Waals surface area contributed by atoms with Crippen molar-refractivity contribution in [1.82, 2.24) is 15.1 Å². The number of likely N-dealkylation sites (N-methyl/N-ethyl adjacent to an activating group) is 1. The number of hydrogen-bond donors (Lipinski definition) is 1. The molecule has 1 atom stereocenters. The van der Waals surface area contributed by atoms with Crippen molar-refractivity contribution in [2.75, 3.05) is 39.3 Å². The van der Waals surface area contributed by atoms with Gasteiger partial charge in [0.2, 0.25) is 5.91 Å². The molecule has 1 heterocycles. The van der Waals surface area contributed by atoms with Crippen LogP contribution in [0.2, 0.25) is 0 Å². The lowest BCUT2D eigenvalue weighted by Gasteiger charge is -2.36. The lowest BCUT2D eigenvalue weighted by Crippen LogP contribution is -2.52. The van der Waals surface area contributed by atoms with Crippen LogP contribution in [0.3, 0.4) is 0 Å². The normalized spacial score (nSPS) is 19.6. The van der Waals surface area contributed by atoms with Gasteiger partial charge in [-0.1, -0.05) is 6.92 Å². The number of nitrogens with one attached hydrogen (secondary N) is 1. The Bertz CT molecular complexity index is 279. The third-order valence-corrected chi connectivity index (χ3v) is 3.12. The van der Waals surface area contributed by atoms with Gasteiger partial charge in [-0.3, -0.25) is 14.6 Å². The Morgan fingerprint density at radius 2 is 2.00 bits per heavy atom. The number of nitrogens with zero attached hydrogens (tertiary/aromatic N) is 3.